The van der Waals surface area contributed by atoms with E-state index in [-0.39, 0.29) is 0 Å². The molecule has 0 aliphatic heterocycles. The highest BCUT2D eigenvalue weighted by molar-refractivity contribution is 6.30. The summed E-state index contributed by atoms with van der Waals surface area (Å²) in [4.78, 5) is 4.34. The molecule has 18 heavy (non-hydrogen) atoms. The monoisotopic (exact) mass is 263 g/mol. The average molecular weight is 264 g/mol. The maximum absolute atomic E-state index is 6.06. The molecular weight excluding hydrogens is 246 g/mol. The number of hydrogen-bond acceptors (Lipinski definition) is 2. The number of nitrogens with zero attached hydrogens (tertiary/aromatic N) is 2. The first-order valence-electron chi connectivity index (χ1n) is 6.26. The Morgan fingerprint density at radius 3 is 3.00 bits per heavy atom. The van der Waals surface area contributed by atoms with Crippen LogP contribution >= 0.6 is 11.6 Å². The molecule has 0 radical (unpaired) electrons. The Balaban J connectivity index is 2.27. The molecule has 1 aromatic carbocycles. The van der Waals surface area contributed by atoms with E-state index in [1.165, 1.54) is 12.0 Å². The van der Waals surface area contributed by atoms with Crippen molar-refractivity contribution in [2.24, 2.45) is 0 Å². The van der Waals surface area contributed by atoms with Gasteiger partial charge in [-0.05, 0) is 31.0 Å². The molecular formula is C14H18ClN3. The highest BCUT2D eigenvalue weighted by atomic mass is 35.5. The number of aryl methyl sites for hydroxylation is 1. The van der Waals surface area contributed by atoms with Crippen molar-refractivity contribution in [3.05, 3.63) is 41.2 Å². The van der Waals surface area contributed by atoms with E-state index >= 15 is 0 Å². The molecule has 0 fully saturated rings. The molecule has 0 saturated heterocycles. The third kappa shape index (κ3) is 2.85. The third-order valence-corrected chi connectivity index (χ3v) is 3.12. The van der Waals surface area contributed by atoms with E-state index in [1.54, 1.807) is 6.20 Å². The smallest absolute Gasteiger partial charge is 0.207 e. The first-order chi connectivity index (χ1) is 8.72. The molecule has 3 nitrogen and oxygen atoms in total. The van der Waals surface area contributed by atoms with E-state index in [0.717, 1.165) is 29.6 Å². The van der Waals surface area contributed by atoms with Gasteiger partial charge in [-0.15, -0.1) is 0 Å². The number of aromatic nitrogens is 2. The van der Waals surface area contributed by atoms with E-state index in [2.05, 4.69) is 24.1 Å². The fourth-order valence-corrected chi connectivity index (χ4v) is 2.01. The Morgan fingerprint density at radius 1 is 1.39 bits per heavy atom. The van der Waals surface area contributed by atoms with Crippen LogP contribution < -0.4 is 5.32 Å². The maximum atomic E-state index is 6.06. The molecule has 2 aromatic rings. The number of hydrogen-bond donors (Lipinski definition) is 1. The normalized spacial score (nSPS) is 10.6. The minimum Gasteiger partial charge on any atom is -0.355 e. The van der Waals surface area contributed by atoms with Crippen LogP contribution in [-0.2, 0) is 0 Å². The summed E-state index contributed by atoms with van der Waals surface area (Å²) in [5, 5.41) is 4.09. The van der Waals surface area contributed by atoms with Crippen molar-refractivity contribution in [2.75, 3.05) is 11.9 Å². The van der Waals surface area contributed by atoms with E-state index in [1.807, 2.05) is 29.0 Å². The molecule has 0 unspecified atom stereocenters. The number of nitrogens with one attached hydrogen (secondary N) is 1. The summed E-state index contributed by atoms with van der Waals surface area (Å²) in [6.07, 6.45) is 6.06. The quantitative estimate of drug-likeness (QED) is 0.825. The fourth-order valence-electron chi connectivity index (χ4n) is 1.85. The Morgan fingerprint density at radius 2 is 2.22 bits per heavy atom. The molecule has 0 spiro atoms. The zero-order valence-corrected chi connectivity index (χ0v) is 11.5. The van der Waals surface area contributed by atoms with Crippen LogP contribution in [0.2, 0.25) is 5.02 Å². The van der Waals surface area contributed by atoms with Crippen LogP contribution in [-0.4, -0.2) is 16.1 Å². The summed E-state index contributed by atoms with van der Waals surface area (Å²) in [6.45, 7) is 5.18. The van der Waals surface area contributed by atoms with Gasteiger partial charge >= 0.3 is 0 Å². The number of imidazole rings is 1. The number of unbranched alkanes of at least 4 members (excludes halogenated alkanes) is 1. The van der Waals surface area contributed by atoms with Gasteiger partial charge in [0.25, 0.3) is 0 Å². The summed E-state index contributed by atoms with van der Waals surface area (Å²) in [5.74, 6) is 0.869. The lowest BCUT2D eigenvalue weighted by molar-refractivity contribution is 0.823. The van der Waals surface area contributed by atoms with Gasteiger partial charge in [0.2, 0.25) is 5.95 Å². The molecule has 1 heterocycles. The van der Waals surface area contributed by atoms with Crippen molar-refractivity contribution in [1.82, 2.24) is 9.55 Å². The third-order valence-electron chi connectivity index (χ3n) is 2.88. The molecule has 0 aliphatic rings. The van der Waals surface area contributed by atoms with Crippen molar-refractivity contribution < 1.29 is 0 Å². The molecule has 1 N–H and O–H groups in total. The lowest BCUT2D eigenvalue weighted by atomic mass is 10.2. The van der Waals surface area contributed by atoms with E-state index < -0.39 is 0 Å². The SMILES string of the molecule is CCCCNc1nccn1-c1cc(Cl)ccc1C. The van der Waals surface area contributed by atoms with Gasteiger partial charge in [0.15, 0.2) is 0 Å². The number of rotatable bonds is 5. The minimum absolute atomic E-state index is 0.740. The van der Waals surface area contributed by atoms with Gasteiger partial charge in [-0.1, -0.05) is 31.0 Å². The van der Waals surface area contributed by atoms with Crippen molar-refractivity contribution in [1.29, 1.82) is 0 Å². The summed E-state index contributed by atoms with van der Waals surface area (Å²) in [6, 6.07) is 5.89. The Bertz CT molecular complexity index is 520. The van der Waals surface area contributed by atoms with Crippen molar-refractivity contribution in [3.8, 4) is 5.69 Å². The largest absolute Gasteiger partial charge is 0.355 e. The zero-order chi connectivity index (χ0) is 13.0. The van der Waals surface area contributed by atoms with Crippen molar-refractivity contribution in [3.63, 3.8) is 0 Å². The highest BCUT2D eigenvalue weighted by Gasteiger charge is 2.07. The summed E-state index contributed by atoms with van der Waals surface area (Å²) in [5.41, 5.74) is 2.25. The van der Waals surface area contributed by atoms with Crippen LogP contribution in [0.1, 0.15) is 25.3 Å². The van der Waals surface area contributed by atoms with Crippen molar-refractivity contribution >= 4 is 17.5 Å². The second kappa shape index (κ2) is 5.91. The van der Waals surface area contributed by atoms with E-state index in [9.17, 15) is 0 Å². The van der Waals surface area contributed by atoms with Gasteiger partial charge in [0.1, 0.15) is 0 Å². The number of anilines is 1. The molecule has 96 valence electrons. The van der Waals surface area contributed by atoms with E-state index in [0.29, 0.717) is 0 Å². The molecule has 0 bridgehead atoms. The Hall–Kier alpha value is -1.48. The van der Waals surface area contributed by atoms with Crippen molar-refractivity contribution in [2.45, 2.75) is 26.7 Å². The zero-order valence-electron chi connectivity index (χ0n) is 10.8. The molecule has 4 heteroatoms. The van der Waals surface area contributed by atoms with Gasteiger partial charge in [0, 0.05) is 24.0 Å². The minimum atomic E-state index is 0.740. The maximum Gasteiger partial charge on any atom is 0.207 e. The van der Waals surface area contributed by atoms with Crippen LogP contribution in [0.4, 0.5) is 5.95 Å². The standard InChI is InChI=1S/C14H18ClN3/c1-3-4-7-16-14-17-8-9-18(14)13-10-12(15)6-5-11(13)2/h5-6,8-10H,3-4,7H2,1-2H3,(H,16,17). The second-order valence-corrected chi connectivity index (χ2v) is 4.77. The predicted molar refractivity (Wildman–Crippen MR) is 76.7 cm³/mol. The summed E-state index contributed by atoms with van der Waals surface area (Å²) < 4.78 is 2.04. The van der Waals surface area contributed by atoms with Gasteiger partial charge < -0.3 is 5.32 Å². The lowest BCUT2D eigenvalue weighted by Gasteiger charge is -2.12. The first-order valence-corrected chi connectivity index (χ1v) is 6.64. The number of benzene rings is 1. The first kappa shape index (κ1) is 13.0. The fraction of sp³-hybridized carbons (Fsp3) is 0.357. The Kier molecular flexibility index (Phi) is 4.26. The predicted octanol–water partition coefficient (Wildman–Crippen LogP) is 4.05. The van der Waals surface area contributed by atoms with Gasteiger partial charge in [0.05, 0.1) is 5.69 Å². The molecule has 0 saturated carbocycles. The van der Waals surface area contributed by atoms with Crippen LogP contribution in [0.5, 0.6) is 0 Å². The Labute approximate surface area is 113 Å². The van der Waals surface area contributed by atoms with E-state index in [4.69, 9.17) is 11.6 Å². The van der Waals surface area contributed by atoms with Gasteiger partial charge in [-0.25, -0.2) is 4.98 Å². The van der Waals surface area contributed by atoms with Gasteiger partial charge in [-0.3, -0.25) is 4.57 Å². The second-order valence-electron chi connectivity index (χ2n) is 4.33. The van der Waals surface area contributed by atoms with Crippen LogP contribution in [0.25, 0.3) is 5.69 Å². The van der Waals surface area contributed by atoms with Crippen LogP contribution in [0, 0.1) is 6.92 Å². The molecule has 1 aromatic heterocycles. The number of halogens is 1. The molecule has 0 atom stereocenters. The van der Waals surface area contributed by atoms with Gasteiger partial charge in [-0.2, -0.15) is 0 Å². The summed E-state index contributed by atoms with van der Waals surface area (Å²) in [7, 11) is 0. The molecule has 0 aliphatic carbocycles. The average Bonchev–Trinajstić information content (AvgIpc) is 2.81. The molecule has 2 rings (SSSR count). The van der Waals surface area contributed by atoms with Crippen LogP contribution in [0.3, 0.4) is 0 Å². The highest BCUT2D eigenvalue weighted by Crippen LogP contribution is 2.22. The lowest BCUT2D eigenvalue weighted by Crippen LogP contribution is -2.08. The topological polar surface area (TPSA) is 29.9 Å². The van der Waals surface area contributed by atoms with Crippen LogP contribution in [0.15, 0.2) is 30.6 Å². The summed E-state index contributed by atoms with van der Waals surface area (Å²) >= 11 is 6.06. The molecule has 0 amide bonds.